The SMILES string of the molecule is CNc1nccc(C2=NCc3nc(N4CCC5(CC[C@@H](C)[C@H]5N)CC4)n(C)c(=O)c32)c1Br. The van der Waals surface area contributed by atoms with Gasteiger partial charge >= 0.3 is 0 Å². The van der Waals surface area contributed by atoms with Crippen LogP contribution in [0, 0.1) is 11.3 Å². The Hall–Kier alpha value is -2.26. The molecule has 0 radical (unpaired) electrons. The molecule has 1 saturated heterocycles. The van der Waals surface area contributed by atoms with Crippen LogP contribution in [0.2, 0.25) is 0 Å². The van der Waals surface area contributed by atoms with E-state index in [0.717, 1.165) is 47.6 Å². The van der Waals surface area contributed by atoms with Crippen molar-refractivity contribution < 1.29 is 0 Å². The minimum absolute atomic E-state index is 0.0533. The third-order valence-corrected chi connectivity index (χ3v) is 8.61. The van der Waals surface area contributed by atoms with E-state index >= 15 is 0 Å². The first kappa shape index (κ1) is 21.6. The zero-order valence-corrected chi connectivity index (χ0v) is 20.4. The summed E-state index contributed by atoms with van der Waals surface area (Å²) in [6.45, 7) is 4.46. The molecule has 5 rings (SSSR count). The summed E-state index contributed by atoms with van der Waals surface area (Å²) in [5.74, 6) is 2.04. The summed E-state index contributed by atoms with van der Waals surface area (Å²) in [6.07, 6.45) is 6.27. The fourth-order valence-electron chi connectivity index (χ4n) is 5.72. The van der Waals surface area contributed by atoms with E-state index in [1.54, 1.807) is 10.8 Å². The molecule has 0 amide bonds. The van der Waals surface area contributed by atoms with Crippen molar-refractivity contribution in [2.45, 2.75) is 45.2 Å². The van der Waals surface area contributed by atoms with Crippen LogP contribution in [0.3, 0.4) is 0 Å². The molecule has 3 N–H and O–H groups in total. The maximum Gasteiger partial charge on any atom is 0.264 e. The summed E-state index contributed by atoms with van der Waals surface area (Å²) in [5, 5.41) is 3.06. The second kappa shape index (κ2) is 7.95. The zero-order chi connectivity index (χ0) is 22.6. The van der Waals surface area contributed by atoms with Gasteiger partial charge in [-0.05, 0) is 59.0 Å². The minimum Gasteiger partial charge on any atom is -0.372 e. The molecule has 3 aliphatic rings. The fourth-order valence-corrected chi connectivity index (χ4v) is 6.34. The number of anilines is 2. The number of nitrogens with two attached hydrogens (primary N) is 1. The Morgan fingerprint density at radius 1 is 1.28 bits per heavy atom. The van der Waals surface area contributed by atoms with Gasteiger partial charge in [-0.15, -0.1) is 0 Å². The standard InChI is InChI=1S/C23H30BrN7O/c1-13-4-6-23(19(13)25)7-10-31(11-8-23)22-29-15-12-28-18(16(15)21(32)30(22)3)14-5-9-27-20(26-2)17(14)24/h5,9,13,19H,4,6-8,10-12,25H2,1-3H3,(H,26,27)/t13-,19-/m1/s1. The van der Waals surface area contributed by atoms with Gasteiger partial charge in [-0.1, -0.05) is 6.92 Å². The Morgan fingerprint density at radius 3 is 2.69 bits per heavy atom. The highest BCUT2D eigenvalue weighted by Gasteiger charge is 2.46. The van der Waals surface area contributed by atoms with E-state index < -0.39 is 0 Å². The van der Waals surface area contributed by atoms with E-state index in [4.69, 9.17) is 15.7 Å². The van der Waals surface area contributed by atoms with Crippen LogP contribution in [0.4, 0.5) is 11.8 Å². The van der Waals surface area contributed by atoms with Crippen molar-refractivity contribution in [1.82, 2.24) is 14.5 Å². The van der Waals surface area contributed by atoms with Gasteiger partial charge in [0.2, 0.25) is 5.95 Å². The molecule has 2 fully saturated rings. The third-order valence-electron chi connectivity index (χ3n) is 7.81. The molecule has 0 bridgehead atoms. The van der Waals surface area contributed by atoms with Crippen LogP contribution in [0.1, 0.15) is 49.4 Å². The summed E-state index contributed by atoms with van der Waals surface area (Å²) in [7, 11) is 3.63. The molecule has 2 aromatic rings. The molecule has 2 aromatic heterocycles. The first-order valence-electron chi connectivity index (χ1n) is 11.3. The number of rotatable bonds is 3. The van der Waals surface area contributed by atoms with Crippen molar-refractivity contribution in [2.24, 2.45) is 29.1 Å². The van der Waals surface area contributed by atoms with E-state index in [1.165, 1.54) is 12.8 Å². The number of halogens is 1. The largest absolute Gasteiger partial charge is 0.372 e. The molecular weight excluding hydrogens is 470 g/mol. The van der Waals surface area contributed by atoms with Crippen LogP contribution in [0.15, 0.2) is 26.5 Å². The minimum atomic E-state index is -0.0533. The Labute approximate surface area is 196 Å². The molecule has 32 heavy (non-hydrogen) atoms. The lowest BCUT2D eigenvalue weighted by atomic mass is 9.73. The molecule has 4 heterocycles. The van der Waals surface area contributed by atoms with E-state index in [0.29, 0.717) is 29.6 Å². The summed E-state index contributed by atoms with van der Waals surface area (Å²) in [5.41, 5.74) is 9.64. The van der Waals surface area contributed by atoms with E-state index in [2.05, 4.69) is 38.1 Å². The van der Waals surface area contributed by atoms with E-state index in [1.807, 2.05) is 20.2 Å². The number of aromatic nitrogens is 3. The summed E-state index contributed by atoms with van der Waals surface area (Å²) in [4.78, 5) is 29.7. The Morgan fingerprint density at radius 2 is 2.03 bits per heavy atom. The Balaban J connectivity index is 1.45. The lowest BCUT2D eigenvalue weighted by Gasteiger charge is -2.43. The Kier molecular flexibility index (Phi) is 5.36. The smallest absolute Gasteiger partial charge is 0.264 e. The topological polar surface area (TPSA) is 101 Å². The number of aliphatic imine (C=N–C) groups is 1. The van der Waals surface area contributed by atoms with Crippen LogP contribution < -0.4 is 21.5 Å². The van der Waals surface area contributed by atoms with Gasteiger partial charge in [0.15, 0.2) is 0 Å². The molecule has 8 nitrogen and oxygen atoms in total. The Bertz CT molecular complexity index is 1150. The van der Waals surface area contributed by atoms with Crippen LogP contribution in [-0.4, -0.2) is 46.4 Å². The van der Waals surface area contributed by atoms with Crippen molar-refractivity contribution in [2.75, 3.05) is 30.4 Å². The number of fused-ring (bicyclic) bond motifs is 1. The fraction of sp³-hybridized carbons (Fsp3) is 0.565. The van der Waals surface area contributed by atoms with Crippen LogP contribution in [-0.2, 0) is 13.6 Å². The first-order valence-corrected chi connectivity index (χ1v) is 12.1. The molecule has 0 aromatic carbocycles. The highest BCUT2D eigenvalue weighted by molar-refractivity contribution is 9.10. The van der Waals surface area contributed by atoms with Gasteiger partial charge in [-0.25, -0.2) is 9.97 Å². The lowest BCUT2D eigenvalue weighted by Crippen LogP contribution is -2.49. The van der Waals surface area contributed by atoms with Gasteiger partial charge in [0.05, 0.1) is 28.0 Å². The number of nitrogens with one attached hydrogen (secondary N) is 1. The van der Waals surface area contributed by atoms with Crippen LogP contribution >= 0.6 is 15.9 Å². The predicted octanol–water partition coefficient (Wildman–Crippen LogP) is 2.67. The maximum atomic E-state index is 13.5. The first-order chi connectivity index (χ1) is 15.4. The van der Waals surface area contributed by atoms with E-state index in [9.17, 15) is 4.79 Å². The van der Waals surface area contributed by atoms with Crippen molar-refractivity contribution in [1.29, 1.82) is 0 Å². The highest BCUT2D eigenvalue weighted by Crippen LogP contribution is 2.48. The summed E-state index contributed by atoms with van der Waals surface area (Å²) in [6, 6.07) is 2.15. The molecule has 0 unspecified atom stereocenters. The maximum absolute atomic E-state index is 13.5. The van der Waals surface area contributed by atoms with Crippen molar-refractivity contribution in [3.63, 3.8) is 0 Å². The molecule has 1 saturated carbocycles. The van der Waals surface area contributed by atoms with Gasteiger partial charge in [-0.3, -0.25) is 14.4 Å². The van der Waals surface area contributed by atoms with Gasteiger partial charge in [0.25, 0.3) is 5.56 Å². The van der Waals surface area contributed by atoms with Gasteiger partial charge in [-0.2, -0.15) is 0 Å². The molecule has 2 aliphatic heterocycles. The average Bonchev–Trinajstić information content (AvgIpc) is 3.34. The molecule has 170 valence electrons. The molecule has 9 heteroatoms. The molecule has 2 atom stereocenters. The van der Waals surface area contributed by atoms with Crippen molar-refractivity contribution >= 4 is 33.4 Å². The predicted molar refractivity (Wildman–Crippen MR) is 131 cm³/mol. The van der Waals surface area contributed by atoms with Crippen LogP contribution in [0.5, 0.6) is 0 Å². The van der Waals surface area contributed by atoms with E-state index in [-0.39, 0.29) is 17.0 Å². The summed E-state index contributed by atoms with van der Waals surface area (Å²) >= 11 is 3.61. The van der Waals surface area contributed by atoms with Crippen molar-refractivity contribution in [3.8, 4) is 0 Å². The number of pyridine rings is 1. The highest BCUT2D eigenvalue weighted by atomic mass is 79.9. The third kappa shape index (κ3) is 3.20. The molecule has 1 spiro atoms. The number of piperidine rings is 1. The quantitative estimate of drug-likeness (QED) is 0.672. The lowest BCUT2D eigenvalue weighted by molar-refractivity contribution is 0.185. The van der Waals surface area contributed by atoms with Crippen LogP contribution in [0.25, 0.3) is 0 Å². The van der Waals surface area contributed by atoms with Crippen molar-refractivity contribution in [3.05, 3.63) is 43.9 Å². The van der Waals surface area contributed by atoms with Gasteiger partial charge < -0.3 is 16.0 Å². The van der Waals surface area contributed by atoms with Gasteiger partial charge in [0.1, 0.15) is 5.82 Å². The number of nitrogens with zero attached hydrogens (tertiary/aromatic N) is 5. The normalized spacial score (nSPS) is 24.0. The average molecular weight is 500 g/mol. The second-order valence-corrected chi connectivity index (χ2v) is 10.2. The summed E-state index contributed by atoms with van der Waals surface area (Å²) < 4.78 is 2.48. The van der Waals surface area contributed by atoms with Gasteiger partial charge in [0, 0.05) is 45.0 Å². The second-order valence-electron chi connectivity index (χ2n) is 9.42. The molecule has 1 aliphatic carbocycles. The number of hydrogen-bond acceptors (Lipinski definition) is 7. The monoisotopic (exact) mass is 499 g/mol. The number of hydrogen-bond donors (Lipinski definition) is 2. The zero-order valence-electron chi connectivity index (χ0n) is 18.9. The molecular formula is C23H30BrN7O.